The number of esters is 3. The molecule has 0 radical (unpaired) electrons. The first kappa shape index (κ1) is 23.3. The molecule has 1 saturated heterocycles. The van der Waals surface area contributed by atoms with Crippen LogP contribution in [0.25, 0.3) is 0 Å². The minimum Gasteiger partial charge on any atom is -0.465 e. The number of anilines is 1. The van der Waals surface area contributed by atoms with Gasteiger partial charge in [0, 0.05) is 25.1 Å². The van der Waals surface area contributed by atoms with Gasteiger partial charge in [-0.05, 0) is 12.0 Å². The van der Waals surface area contributed by atoms with Crippen molar-refractivity contribution in [1.82, 2.24) is 4.90 Å². The smallest absolute Gasteiger partial charge is 0.348 e. The van der Waals surface area contributed by atoms with Gasteiger partial charge < -0.3 is 24.8 Å². The minimum atomic E-state index is -0.747. The number of carbonyl (C=O) groups excluding carboxylic acids is 4. The van der Waals surface area contributed by atoms with Crippen LogP contribution in [0.3, 0.4) is 0 Å². The molecule has 32 heavy (non-hydrogen) atoms. The molecule has 1 fully saturated rings. The predicted octanol–water partition coefficient (Wildman–Crippen LogP) is 2.04. The van der Waals surface area contributed by atoms with Crippen LogP contribution in [0.5, 0.6) is 0 Å². The number of rotatable bonds is 8. The van der Waals surface area contributed by atoms with Crippen LogP contribution >= 0.6 is 11.3 Å². The summed E-state index contributed by atoms with van der Waals surface area (Å²) in [5, 5.41) is 0.0615. The van der Waals surface area contributed by atoms with Crippen molar-refractivity contribution < 1.29 is 33.4 Å². The van der Waals surface area contributed by atoms with Crippen LogP contribution in [0.15, 0.2) is 30.3 Å². The Morgan fingerprint density at radius 2 is 1.81 bits per heavy atom. The Labute approximate surface area is 189 Å². The largest absolute Gasteiger partial charge is 0.465 e. The number of nitrogens with two attached hydrogens (primary N) is 1. The van der Waals surface area contributed by atoms with Gasteiger partial charge in [-0.1, -0.05) is 30.3 Å². The van der Waals surface area contributed by atoms with Gasteiger partial charge >= 0.3 is 17.9 Å². The van der Waals surface area contributed by atoms with Gasteiger partial charge in [-0.15, -0.1) is 11.3 Å². The summed E-state index contributed by atoms with van der Waals surface area (Å²) in [5.74, 6) is -2.78. The normalized spacial score (nSPS) is 15.5. The van der Waals surface area contributed by atoms with E-state index < -0.39 is 23.8 Å². The fourth-order valence-corrected chi connectivity index (χ4v) is 4.50. The first-order chi connectivity index (χ1) is 15.3. The third kappa shape index (κ3) is 5.08. The third-order valence-electron chi connectivity index (χ3n) is 5.21. The van der Waals surface area contributed by atoms with E-state index >= 15 is 0 Å². The third-order valence-corrected chi connectivity index (χ3v) is 6.26. The lowest BCUT2D eigenvalue weighted by Gasteiger charge is -2.16. The molecule has 0 aliphatic carbocycles. The van der Waals surface area contributed by atoms with E-state index in [4.69, 9.17) is 19.9 Å². The predicted molar refractivity (Wildman–Crippen MR) is 116 cm³/mol. The van der Waals surface area contributed by atoms with E-state index in [0.29, 0.717) is 13.0 Å². The van der Waals surface area contributed by atoms with E-state index in [1.165, 1.54) is 14.2 Å². The average Bonchev–Trinajstić information content (AvgIpc) is 3.34. The van der Waals surface area contributed by atoms with Crippen LogP contribution in [0.1, 0.15) is 37.6 Å². The number of nitrogens with zero attached hydrogens (tertiary/aromatic N) is 1. The summed E-state index contributed by atoms with van der Waals surface area (Å²) in [5.41, 5.74) is 7.08. The summed E-state index contributed by atoms with van der Waals surface area (Å²) >= 11 is 0.855. The molecule has 10 heteroatoms. The highest BCUT2D eigenvalue weighted by atomic mass is 32.1. The maximum Gasteiger partial charge on any atom is 0.348 e. The maximum atomic E-state index is 12.6. The number of ether oxygens (including phenoxy) is 3. The van der Waals surface area contributed by atoms with E-state index in [1.807, 2.05) is 30.3 Å². The van der Waals surface area contributed by atoms with Gasteiger partial charge in [0.25, 0.3) is 0 Å². The lowest BCUT2D eigenvalue weighted by atomic mass is 10.1. The Kier molecular flexibility index (Phi) is 7.47. The van der Waals surface area contributed by atoms with Gasteiger partial charge in [-0.25, -0.2) is 9.59 Å². The number of hydrogen-bond donors (Lipinski definition) is 1. The van der Waals surface area contributed by atoms with Crippen LogP contribution in [0, 0.1) is 5.92 Å². The second-order valence-electron chi connectivity index (χ2n) is 7.22. The second kappa shape index (κ2) is 10.3. The SMILES string of the molecule is COC(=O)c1sc(N)c(C(=O)OC)c1COC(=O)[C@@H]1CC(=O)N(CCc2ccccc2)C1. The number of benzene rings is 1. The molecule has 1 aromatic carbocycles. The van der Waals surface area contributed by atoms with E-state index in [-0.39, 0.29) is 46.5 Å². The van der Waals surface area contributed by atoms with Gasteiger partial charge in [0.1, 0.15) is 22.0 Å². The van der Waals surface area contributed by atoms with Crippen molar-refractivity contribution >= 4 is 40.2 Å². The molecule has 0 saturated carbocycles. The number of amides is 1. The minimum absolute atomic E-state index is 0.0299. The summed E-state index contributed by atoms with van der Waals surface area (Å²) in [6.07, 6.45) is 0.737. The Hall–Kier alpha value is -3.40. The summed E-state index contributed by atoms with van der Waals surface area (Å²) < 4.78 is 14.8. The van der Waals surface area contributed by atoms with Crippen molar-refractivity contribution in [3.05, 3.63) is 51.9 Å². The Balaban J connectivity index is 1.65. The molecular weight excluding hydrogens is 436 g/mol. The molecule has 0 bridgehead atoms. The van der Waals surface area contributed by atoms with Crippen LogP contribution < -0.4 is 5.73 Å². The van der Waals surface area contributed by atoms with Crippen molar-refractivity contribution in [3.63, 3.8) is 0 Å². The molecule has 3 rings (SSSR count). The number of hydrogen-bond acceptors (Lipinski definition) is 9. The summed E-state index contributed by atoms with van der Waals surface area (Å²) in [4.78, 5) is 50.9. The number of nitrogen functional groups attached to an aromatic ring is 1. The molecule has 1 amide bonds. The van der Waals surface area contributed by atoms with E-state index in [9.17, 15) is 19.2 Å². The molecule has 1 aliphatic rings. The number of carbonyl (C=O) groups is 4. The lowest BCUT2D eigenvalue weighted by Crippen LogP contribution is -2.29. The standard InChI is InChI=1S/C22H24N2O7S/c1-29-21(27)17-15(18(22(28)30-2)32-19(17)23)12-31-20(26)14-10-16(25)24(11-14)9-8-13-6-4-3-5-7-13/h3-7,14H,8-12,23H2,1-2H3/t14-/m1/s1. The van der Waals surface area contributed by atoms with E-state index in [0.717, 1.165) is 16.9 Å². The Morgan fingerprint density at radius 3 is 2.47 bits per heavy atom. The van der Waals surface area contributed by atoms with Gasteiger partial charge in [-0.3, -0.25) is 9.59 Å². The zero-order chi connectivity index (χ0) is 23.3. The quantitative estimate of drug-likeness (QED) is 0.469. The number of thiophene rings is 1. The highest BCUT2D eigenvalue weighted by Crippen LogP contribution is 2.33. The second-order valence-corrected chi connectivity index (χ2v) is 8.27. The highest BCUT2D eigenvalue weighted by molar-refractivity contribution is 7.18. The van der Waals surface area contributed by atoms with Gasteiger partial charge in [0.05, 0.1) is 20.1 Å². The fourth-order valence-electron chi connectivity index (χ4n) is 3.52. The van der Waals surface area contributed by atoms with Crippen molar-refractivity contribution in [2.24, 2.45) is 5.92 Å². The molecule has 1 aromatic heterocycles. The lowest BCUT2D eigenvalue weighted by molar-refractivity contribution is -0.149. The summed E-state index contributed by atoms with van der Waals surface area (Å²) in [7, 11) is 2.38. The number of methoxy groups -OCH3 is 2. The van der Waals surface area contributed by atoms with Crippen molar-refractivity contribution in [1.29, 1.82) is 0 Å². The van der Waals surface area contributed by atoms with Crippen LogP contribution in [0.4, 0.5) is 5.00 Å². The molecule has 2 N–H and O–H groups in total. The molecule has 9 nitrogen and oxygen atoms in total. The summed E-state index contributed by atoms with van der Waals surface area (Å²) in [6.45, 7) is 0.396. The monoisotopic (exact) mass is 460 g/mol. The molecule has 170 valence electrons. The highest BCUT2D eigenvalue weighted by Gasteiger charge is 2.36. The maximum absolute atomic E-state index is 12.6. The molecule has 0 unspecified atom stereocenters. The number of likely N-dealkylation sites (tertiary alicyclic amines) is 1. The zero-order valence-corrected chi connectivity index (χ0v) is 18.6. The fraction of sp³-hybridized carbons (Fsp3) is 0.364. The Bertz CT molecular complexity index is 1020. The molecule has 1 atom stereocenters. The van der Waals surface area contributed by atoms with Crippen LogP contribution in [-0.4, -0.2) is 56.0 Å². The van der Waals surface area contributed by atoms with Gasteiger partial charge in [0.2, 0.25) is 5.91 Å². The molecule has 1 aliphatic heterocycles. The van der Waals surface area contributed by atoms with E-state index in [2.05, 4.69) is 0 Å². The van der Waals surface area contributed by atoms with Gasteiger partial charge in [0.15, 0.2) is 0 Å². The van der Waals surface area contributed by atoms with E-state index in [1.54, 1.807) is 4.90 Å². The van der Waals surface area contributed by atoms with Crippen molar-refractivity contribution in [3.8, 4) is 0 Å². The topological polar surface area (TPSA) is 125 Å². The molecule has 2 aromatic rings. The first-order valence-corrected chi connectivity index (χ1v) is 10.7. The van der Waals surface area contributed by atoms with Crippen LogP contribution in [0.2, 0.25) is 0 Å². The van der Waals surface area contributed by atoms with Crippen molar-refractivity contribution in [2.45, 2.75) is 19.4 Å². The summed E-state index contributed by atoms with van der Waals surface area (Å²) in [6, 6.07) is 9.76. The molecular formula is C22H24N2O7S. The molecule has 2 heterocycles. The molecule has 0 spiro atoms. The van der Waals surface area contributed by atoms with Crippen LogP contribution in [-0.2, 0) is 36.8 Å². The average molecular weight is 461 g/mol. The Morgan fingerprint density at radius 1 is 1.12 bits per heavy atom. The zero-order valence-electron chi connectivity index (χ0n) is 17.8. The van der Waals surface area contributed by atoms with Crippen molar-refractivity contribution in [2.75, 3.05) is 33.0 Å². The first-order valence-electron chi connectivity index (χ1n) is 9.91. The van der Waals surface area contributed by atoms with Gasteiger partial charge in [-0.2, -0.15) is 0 Å².